The largest absolute Gasteiger partial charge is 0.378 e. The van der Waals surface area contributed by atoms with E-state index in [1.54, 1.807) is 0 Å². The molecule has 1 aliphatic carbocycles. The van der Waals surface area contributed by atoms with Gasteiger partial charge in [-0.25, -0.2) is 0 Å². The molecule has 1 atom stereocenters. The van der Waals surface area contributed by atoms with Crippen molar-refractivity contribution in [3.8, 4) is 0 Å². The summed E-state index contributed by atoms with van der Waals surface area (Å²) in [6, 6.07) is 9.92. The predicted molar refractivity (Wildman–Crippen MR) is 79.3 cm³/mol. The highest BCUT2D eigenvalue weighted by molar-refractivity contribution is 5.81. The number of benzene rings is 1. The minimum atomic E-state index is -0.429. The Balaban J connectivity index is 1.65. The van der Waals surface area contributed by atoms with Crippen LogP contribution in [0.2, 0.25) is 0 Å². The second kappa shape index (κ2) is 7.41. The molecule has 0 unspecified atom stereocenters. The lowest BCUT2D eigenvalue weighted by Gasteiger charge is -2.35. The fourth-order valence-electron chi connectivity index (χ4n) is 2.46. The summed E-state index contributed by atoms with van der Waals surface area (Å²) in [6.07, 6.45) is 3.64. The van der Waals surface area contributed by atoms with Crippen LogP contribution in [0.5, 0.6) is 0 Å². The molecule has 1 aromatic carbocycles. The van der Waals surface area contributed by atoms with Crippen LogP contribution in [0, 0.1) is 0 Å². The second-order valence-corrected chi connectivity index (χ2v) is 5.39. The van der Waals surface area contributed by atoms with E-state index in [1.165, 1.54) is 5.56 Å². The SMILES string of the molecule is CCOC1CC(NC(=O)[C@@H](N)CCc2ccccc2)C1. The van der Waals surface area contributed by atoms with Crippen molar-refractivity contribution in [1.29, 1.82) is 0 Å². The van der Waals surface area contributed by atoms with Crippen molar-refractivity contribution in [2.75, 3.05) is 6.61 Å². The number of hydrogen-bond acceptors (Lipinski definition) is 3. The van der Waals surface area contributed by atoms with Crippen molar-refractivity contribution in [2.24, 2.45) is 5.73 Å². The Hall–Kier alpha value is -1.39. The van der Waals surface area contributed by atoms with Crippen LogP contribution in [0.4, 0.5) is 0 Å². The number of amides is 1. The molecule has 1 amide bonds. The van der Waals surface area contributed by atoms with Gasteiger partial charge in [0.15, 0.2) is 0 Å². The summed E-state index contributed by atoms with van der Waals surface area (Å²) in [4.78, 5) is 12.0. The summed E-state index contributed by atoms with van der Waals surface area (Å²) in [5.74, 6) is -0.0409. The van der Waals surface area contributed by atoms with Crippen LogP contribution in [0.15, 0.2) is 30.3 Å². The average Bonchev–Trinajstić information content (AvgIpc) is 2.43. The lowest BCUT2D eigenvalue weighted by atomic mass is 9.89. The minimum absolute atomic E-state index is 0.0409. The smallest absolute Gasteiger partial charge is 0.237 e. The van der Waals surface area contributed by atoms with Crippen molar-refractivity contribution >= 4 is 5.91 Å². The van der Waals surface area contributed by atoms with Crippen LogP contribution in [-0.4, -0.2) is 30.7 Å². The minimum Gasteiger partial charge on any atom is -0.378 e. The van der Waals surface area contributed by atoms with Gasteiger partial charge in [-0.1, -0.05) is 30.3 Å². The standard InChI is InChI=1S/C16H24N2O2/c1-2-20-14-10-13(11-14)18-16(19)15(17)9-8-12-6-4-3-5-7-12/h3-7,13-15H,2,8-11,17H2,1H3,(H,18,19)/t13?,14?,15-/m0/s1. The molecule has 110 valence electrons. The van der Waals surface area contributed by atoms with E-state index in [1.807, 2.05) is 25.1 Å². The molecule has 1 saturated carbocycles. The van der Waals surface area contributed by atoms with Crippen LogP contribution >= 0.6 is 0 Å². The van der Waals surface area contributed by atoms with Crippen molar-refractivity contribution in [2.45, 2.75) is 50.8 Å². The summed E-state index contributed by atoms with van der Waals surface area (Å²) in [5, 5.41) is 3.00. The van der Waals surface area contributed by atoms with Crippen LogP contribution in [-0.2, 0) is 16.0 Å². The highest BCUT2D eigenvalue weighted by atomic mass is 16.5. The van der Waals surface area contributed by atoms with Gasteiger partial charge in [-0.15, -0.1) is 0 Å². The maximum atomic E-state index is 12.0. The summed E-state index contributed by atoms with van der Waals surface area (Å²) in [6.45, 7) is 2.73. The molecule has 4 heteroatoms. The van der Waals surface area contributed by atoms with Crippen LogP contribution < -0.4 is 11.1 Å². The van der Waals surface area contributed by atoms with E-state index in [-0.39, 0.29) is 11.9 Å². The van der Waals surface area contributed by atoms with Gasteiger partial charge in [0, 0.05) is 12.6 Å². The van der Waals surface area contributed by atoms with Gasteiger partial charge in [-0.3, -0.25) is 4.79 Å². The molecule has 1 aromatic rings. The molecule has 2 rings (SSSR count). The molecule has 0 aromatic heterocycles. The van der Waals surface area contributed by atoms with Crippen molar-refractivity contribution in [1.82, 2.24) is 5.32 Å². The first-order valence-electron chi connectivity index (χ1n) is 7.40. The molecule has 0 aliphatic heterocycles. The molecule has 0 bridgehead atoms. The van der Waals surface area contributed by atoms with E-state index in [0.717, 1.165) is 25.9 Å². The number of rotatable bonds is 7. The molecule has 20 heavy (non-hydrogen) atoms. The van der Waals surface area contributed by atoms with Gasteiger partial charge < -0.3 is 15.8 Å². The first-order valence-corrected chi connectivity index (χ1v) is 7.40. The summed E-state index contributed by atoms with van der Waals surface area (Å²) in [7, 11) is 0. The second-order valence-electron chi connectivity index (χ2n) is 5.39. The quantitative estimate of drug-likeness (QED) is 0.795. The Labute approximate surface area is 120 Å². The third-order valence-corrected chi connectivity index (χ3v) is 3.77. The monoisotopic (exact) mass is 276 g/mol. The fourth-order valence-corrected chi connectivity index (χ4v) is 2.46. The van der Waals surface area contributed by atoms with Crippen LogP contribution in [0.25, 0.3) is 0 Å². The fraction of sp³-hybridized carbons (Fsp3) is 0.562. The van der Waals surface area contributed by atoms with Gasteiger partial charge in [0.05, 0.1) is 12.1 Å². The number of aryl methyl sites for hydroxylation is 1. The van der Waals surface area contributed by atoms with Gasteiger partial charge >= 0.3 is 0 Å². The maximum Gasteiger partial charge on any atom is 0.237 e. The van der Waals surface area contributed by atoms with Gasteiger partial charge in [-0.2, -0.15) is 0 Å². The zero-order chi connectivity index (χ0) is 14.4. The van der Waals surface area contributed by atoms with E-state index in [4.69, 9.17) is 10.5 Å². The van der Waals surface area contributed by atoms with Gasteiger partial charge in [0.1, 0.15) is 0 Å². The summed E-state index contributed by atoms with van der Waals surface area (Å²) >= 11 is 0. The molecular formula is C16H24N2O2. The molecule has 1 aliphatic rings. The van der Waals surface area contributed by atoms with Gasteiger partial charge in [0.2, 0.25) is 5.91 Å². The zero-order valence-electron chi connectivity index (χ0n) is 12.0. The topological polar surface area (TPSA) is 64.3 Å². The highest BCUT2D eigenvalue weighted by Gasteiger charge is 2.31. The Morgan fingerprint density at radius 2 is 2.10 bits per heavy atom. The number of hydrogen-bond donors (Lipinski definition) is 2. The van der Waals surface area contributed by atoms with Crippen molar-refractivity contribution in [3.63, 3.8) is 0 Å². The number of carbonyl (C=O) groups excluding carboxylic acids is 1. The number of nitrogens with one attached hydrogen (secondary N) is 1. The summed E-state index contributed by atoms with van der Waals surface area (Å²) in [5.41, 5.74) is 7.16. The number of nitrogens with two attached hydrogens (primary N) is 1. The molecule has 0 spiro atoms. The Morgan fingerprint density at radius 3 is 2.75 bits per heavy atom. The van der Waals surface area contributed by atoms with E-state index >= 15 is 0 Å². The first-order chi connectivity index (χ1) is 9.69. The third-order valence-electron chi connectivity index (χ3n) is 3.77. The molecule has 4 nitrogen and oxygen atoms in total. The lowest BCUT2D eigenvalue weighted by molar-refractivity contribution is -0.125. The molecular weight excluding hydrogens is 252 g/mol. The first kappa shape index (κ1) is 15.0. The van der Waals surface area contributed by atoms with E-state index in [9.17, 15) is 4.79 Å². The average molecular weight is 276 g/mol. The van der Waals surface area contributed by atoms with E-state index in [2.05, 4.69) is 17.4 Å². The number of carbonyl (C=O) groups is 1. The van der Waals surface area contributed by atoms with Gasteiger partial charge in [0.25, 0.3) is 0 Å². The zero-order valence-corrected chi connectivity index (χ0v) is 12.0. The predicted octanol–water partition coefficient (Wildman–Crippen LogP) is 1.63. The van der Waals surface area contributed by atoms with Crippen molar-refractivity contribution < 1.29 is 9.53 Å². The Kier molecular flexibility index (Phi) is 5.56. The maximum absolute atomic E-state index is 12.0. The van der Waals surface area contributed by atoms with E-state index < -0.39 is 6.04 Å². The van der Waals surface area contributed by atoms with Crippen LogP contribution in [0.3, 0.4) is 0 Å². The highest BCUT2D eigenvalue weighted by Crippen LogP contribution is 2.23. The Bertz CT molecular complexity index is 416. The van der Waals surface area contributed by atoms with Gasteiger partial charge in [-0.05, 0) is 38.2 Å². The number of ether oxygens (including phenoxy) is 1. The third kappa shape index (κ3) is 4.32. The molecule has 0 heterocycles. The molecule has 1 fully saturated rings. The summed E-state index contributed by atoms with van der Waals surface area (Å²) < 4.78 is 5.47. The molecule has 3 N–H and O–H groups in total. The van der Waals surface area contributed by atoms with E-state index in [0.29, 0.717) is 12.5 Å². The normalized spacial score (nSPS) is 22.9. The molecule has 0 saturated heterocycles. The molecule has 0 radical (unpaired) electrons. The lowest BCUT2D eigenvalue weighted by Crippen LogP contribution is -2.52. The van der Waals surface area contributed by atoms with Crippen LogP contribution in [0.1, 0.15) is 31.7 Å². The Morgan fingerprint density at radius 1 is 1.40 bits per heavy atom. The van der Waals surface area contributed by atoms with Crippen molar-refractivity contribution in [3.05, 3.63) is 35.9 Å².